The predicted molar refractivity (Wildman–Crippen MR) is 139 cm³/mol. The van der Waals surface area contributed by atoms with E-state index in [9.17, 15) is 0 Å². The third-order valence-corrected chi connectivity index (χ3v) is 8.59. The highest BCUT2D eigenvalue weighted by Crippen LogP contribution is 2.56. The van der Waals surface area contributed by atoms with E-state index >= 15 is 0 Å². The fraction of sp³-hybridized carbons (Fsp3) is 0.355. The van der Waals surface area contributed by atoms with Crippen LogP contribution in [0, 0.1) is 5.92 Å². The first kappa shape index (κ1) is 21.6. The molecule has 174 valence electrons. The van der Waals surface area contributed by atoms with Crippen molar-refractivity contribution in [3.63, 3.8) is 0 Å². The Morgan fingerprint density at radius 2 is 1.59 bits per heavy atom. The molecule has 3 nitrogen and oxygen atoms in total. The van der Waals surface area contributed by atoms with Crippen molar-refractivity contribution in [3.05, 3.63) is 107 Å². The summed E-state index contributed by atoms with van der Waals surface area (Å²) < 4.78 is 6.91. The number of nitrogens with one attached hydrogen (secondary N) is 1. The number of ether oxygens (including phenoxy) is 1. The van der Waals surface area contributed by atoms with Gasteiger partial charge in [0.05, 0.1) is 12.3 Å². The molecule has 3 atom stereocenters. The summed E-state index contributed by atoms with van der Waals surface area (Å²) in [7, 11) is 4.50. The molecule has 0 bridgehead atoms. The van der Waals surface area contributed by atoms with Crippen LogP contribution in [0.3, 0.4) is 0 Å². The normalized spacial score (nSPS) is 26.7. The van der Waals surface area contributed by atoms with Gasteiger partial charge in [-0.15, -0.1) is 0 Å². The van der Waals surface area contributed by atoms with Gasteiger partial charge in [-0.3, -0.25) is 4.90 Å². The molecule has 1 saturated carbocycles. The molecule has 6 rings (SSSR count). The number of para-hydroxylation sites is 1. The molecule has 1 aliphatic heterocycles. The van der Waals surface area contributed by atoms with E-state index in [2.05, 4.69) is 109 Å². The second-order valence-electron chi connectivity index (χ2n) is 10.4. The zero-order valence-electron chi connectivity index (χ0n) is 20.3. The third kappa shape index (κ3) is 3.33. The molecule has 2 aliphatic rings. The predicted octanol–water partition coefficient (Wildman–Crippen LogP) is 6.44. The van der Waals surface area contributed by atoms with E-state index in [1.54, 1.807) is 0 Å². The Morgan fingerprint density at radius 3 is 2.35 bits per heavy atom. The molecule has 1 spiro atoms. The molecule has 34 heavy (non-hydrogen) atoms. The van der Waals surface area contributed by atoms with Crippen molar-refractivity contribution in [2.45, 2.75) is 43.2 Å². The first-order chi connectivity index (χ1) is 16.6. The number of fused-ring (bicyclic) bond motifs is 4. The lowest BCUT2D eigenvalue weighted by molar-refractivity contribution is -0.153. The van der Waals surface area contributed by atoms with Gasteiger partial charge in [-0.1, -0.05) is 78.9 Å². The maximum Gasteiger partial charge on any atom is 0.111 e. The van der Waals surface area contributed by atoms with Crippen molar-refractivity contribution in [3.8, 4) is 0 Å². The second kappa shape index (κ2) is 8.41. The van der Waals surface area contributed by atoms with Gasteiger partial charge in [-0.2, -0.15) is 0 Å². The number of rotatable bonds is 4. The van der Waals surface area contributed by atoms with Gasteiger partial charge >= 0.3 is 0 Å². The minimum Gasteiger partial charge on any atom is -0.368 e. The van der Waals surface area contributed by atoms with E-state index in [0.29, 0.717) is 5.92 Å². The molecule has 0 saturated heterocycles. The first-order valence-corrected chi connectivity index (χ1v) is 12.6. The largest absolute Gasteiger partial charge is 0.368 e. The summed E-state index contributed by atoms with van der Waals surface area (Å²) in [5.41, 5.74) is 6.57. The molecular formula is C31H34N2O. The Morgan fingerprint density at radius 1 is 0.882 bits per heavy atom. The van der Waals surface area contributed by atoms with Crippen LogP contribution < -0.4 is 0 Å². The molecule has 0 radical (unpaired) electrons. The third-order valence-electron chi connectivity index (χ3n) is 8.59. The Kier molecular flexibility index (Phi) is 5.35. The minimum absolute atomic E-state index is 0.00105. The summed E-state index contributed by atoms with van der Waals surface area (Å²) >= 11 is 0. The fourth-order valence-electron chi connectivity index (χ4n) is 6.83. The first-order valence-electron chi connectivity index (χ1n) is 12.6. The van der Waals surface area contributed by atoms with Gasteiger partial charge in [0.1, 0.15) is 5.60 Å². The Hall–Kier alpha value is -2.88. The summed E-state index contributed by atoms with van der Waals surface area (Å²) in [5, 5.41) is 1.37. The van der Waals surface area contributed by atoms with Crippen LogP contribution >= 0.6 is 0 Å². The molecule has 1 N–H and O–H groups in total. The van der Waals surface area contributed by atoms with Crippen LogP contribution in [0.25, 0.3) is 10.9 Å². The molecule has 3 heteroatoms. The molecule has 0 amide bonds. The van der Waals surface area contributed by atoms with Crippen molar-refractivity contribution in [1.82, 2.24) is 9.88 Å². The molecule has 1 aliphatic carbocycles. The highest BCUT2D eigenvalue weighted by molar-refractivity contribution is 5.85. The maximum absolute atomic E-state index is 6.91. The number of hydrogen-bond acceptors (Lipinski definition) is 2. The van der Waals surface area contributed by atoms with Crippen LogP contribution in [0.5, 0.6) is 0 Å². The molecule has 3 aromatic carbocycles. The van der Waals surface area contributed by atoms with Gasteiger partial charge in [0, 0.05) is 16.4 Å². The van der Waals surface area contributed by atoms with Crippen LogP contribution in [0.1, 0.15) is 41.6 Å². The van der Waals surface area contributed by atoms with E-state index in [1.807, 2.05) is 0 Å². The van der Waals surface area contributed by atoms with Crippen LogP contribution in [0.2, 0.25) is 0 Å². The summed E-state index contributed by atoms with van der Waals surface area (Å²) in [6, 6.07) is 30.9. The quantitative estimate of drug-likeness (QED) is 0.388. The summed E-state index contributed by atoms with van der Waals surface area (Å²) in [6.07, 6.45) is 5.14. The summed E-state index contributed by atoms with van der Waals surface area (Å²) in [5.74, 6) is 0.360. The highest BCUT2D eigenvalue weighted by atomic mass is 16.5. The Bertz CT molecular complexity index is 1280. The fourth-order valence-corrected chi connectivity index (χ4v) is 6.83. The van der Waals surface area contributed by atoms with Crippen molar-refractivity contribution >= 4 is 10.9 Å². The van der Waals surface area contributed by atoms with Gasteiger partial charge < -0.3 is 9.72 Å². The smallest absolute Gasteiger partial charge is 0.111 e. The zero-order valence-corrected chi connectivity index (χ0v) is 20.3. The summed E-state index contributed by atoms with van der Waals surface area (Å²) in [4.78, 5) is 6.31. The zero-order chi connectivity index (χ0) is 23.2. The number of aromatic nitrogens is 1. The SMILES string of the molecule is CN(C)C1(c2ccccc2)CCC2(OCCc3c2[nH]c2ccccc32)C(Cc2ccccc2)C1. The van der Waals surface area contributed by atoms with E-state index in [-0.39, 0.29) is 11.1 Å². The second-order valence-corrected chi connectivity index (χ2v) is 10.4. The van der Waals surface area contributed by atoms with E-state index < -0.39 is 0 Å². The maximum atomic E-state index is 6.91. The van der Waals surface area contributed by atoms with Crippen LogP contribution in [-0.4, -0.2) is 30.6 Å². The van der Waals surface area contributed by atoms with Crippen LogP contribution in [-0.2, 0) is 28.7 Å². The minimum atomic E-state index is -0.281. The van der Waals surface area contributed by atoms with Gasteiger partial charge in [0.2, 0.25) is 0 Å². The lowest BCUT2D eigenvalue weighted by atomic mass is 9.61. The van der Waals surface area contributed by atoms with Crippen LogP contribution in [0.4, 0.5) is 0 Å². The van der Waals surface area contributed by atoms with Gasteiger partial charge in [0.15, 0.2) is 0 Å². The van der Waals surface area contributed by atoms with E-state index in [0.717, 1.165) is 38.7 Å². The standard InChI is InChI=1S/C31H34N2O/c1-33(2)30(24-13-7-4-8-14-24)18-19-31(25(22-30)21-23-11-5-3-6-12-23)29-27(17-20-34-31)26-15-9-10-16-28(26)32-29/h3-16,25,32H,17-22H2,1-2H3. The lowest BCUT2D eigenvalue weighted by Gasteiger charge is -2.55. The monoisotopic (exact) mass is 450 g/mol. The average molecular weight is 451 g/mol. The van der Waals surface area contributed by atoms with Gasteiger partial charge in [-0.05, 0) is 74.9 Å². The molecule has 1 aromatic heterocycles. The number of hydrogen-bond donors (Lipinski definition) is 1. The van der Waals surface area contributed by atoms with E-state index in [4.69, 9.17) is 4.74 Å². The topological polar surface area (TPSA) is 28.3 Å². The summed E-state index contributed by atoms with van der Waals surface area (Å²) in [6.45, 7) is 0.792. The van der Waals surface area contributed by atoms with Crippen molar-refractivity contribution in [2.24, 2.45) is 5.92 Å². The number of H-pyrrole nitrogens is 1. The van der Waals surface area contributed by atoms with E-state index in [1.165, 1.54) is 33.3 Å². The molecular weight excluding hydrogens is 416 g/mol. The van der Waals surface area contributed by atoms with Crippen molar-refractivity contribution < 1.29 is 4.74 Å². The average Bonchev–Trinajstić information content (AvgIpc) is 3.27. The number of aromatic amines is 1. The molecule has 3 unspecified atom stereocenters. The van der Waals surface area contributed by atoms with Crippen molar-refractivity contribution in [1.29, 1.82) is 0 Å². The number of nitrogens with zero attached hydrogens (tertiary/aromatic N) is 1. The van der Waals surface area contributed by atoms with Gasteiger partial charge in [-0.25, -0.2) is 0 Å². The van der Waals surface area contributed by atoms with Crippen LogP contribution in [0.15, 0.2) is 84.9 Å². The molecule has 4 aromatic rings. The Balaban J connectivity index is 1.50. The van der Waals surface area contributed by atoms with Crippen molar-refractivity contribution in [2.75, 3.05) is 20.7 Å². The number of benzene rings is 3. The molecule has 1 fully saturated rings. The van der Waals surface area contributed by atoms with Gasteiger partial charge in [0.25, 0.3) is 0 Å². The molecule has 2 heterocycles. The highest BCUT2D eigenvalue weighted by Gasteiger charge is 2.54. The lowest BCUT2D eigenvalue weighted by Crippen LogP contribution is -2.55. The Labute approximate surface area is 202 Å².